The second-order valence-electron chi connectivity index (χ2n) is 7.88. The lowest BCUT2D eigenvalue weighted by Crippen LogP contribution is -2.49. The molecule has 0 radical (unpaired) electrons. The summed E-state index contributed by atoms with van der Waals surface area (Å²) in [5.41, 5.74) is 1.12. The molecule has 168 valence electrons. The zero-order valence-electron chi connectivity index (χ0n) is 17.0. The molecular weight excluding hydrogens is 472 g/mol. The number of carbonyl (C=O) groups is 1. The van der Waals surface area contributed by atoms with Gasteiger partial charge in [0.1, 0.15) is 0 Å². The summed E-state index contributed by atoms with van der Waals surface area (Å²) in [7, 11) is -3.01. The lowest BCUT2D eigenvalue weighted by Gasteiger charge is -2.34. The molecule has 1 N–H and O–H groups in total. The van der Waals surface area contributed by atoms with Crippen LogP contribution in [0.15, 0.2) is 41.7 Å². The van der Waals surface area contributed by atoms with Crippen LogP contribution < -0.4 is 10.2 Å². The Balaban J connectivity index is 1.25. The second-order valence-corrected chi connectivity index (χ2v) is 11.7. The normalized spacial score (nSPS) is 24.2. The largest absolute Gasteiger partial charge is 0.337 e. The number of hydrogen-bond acceptors (Lipinski definition) is 9. The van der Waals surface area contributed by atoms with Gasteiger partial charge >= 0.3 is 0 Å². The van der Waals surface area contributed by atoms with E-state index in [2.05, 4.69) is 25.2 Å². The Hall–Kier alpha value is -2.37. The van der Waals surface area contributed by atoms with E-state index in [0.29, 0.717) is 53.6 Å². The standard InChI is InChI=1S/C20H21ClN6O3S2/c21-14-3-2-13(10-15(14)24-20-25-16-11-32(29,30)12-17(16)31-20)18(28)26-6-8-27(9-7-26)19-22-4-1-5-23-19/h1-5,10,16-17H,6-9,11-12H2,(H,24,25)/t16-,17+/m1/s1. The lowest BCUT2D eigenvalue weighted by molar-refractivity contribution is 0.0746. The molecule has 5 rings (SSSR count). The summed E-state index contributed by atoms with van der Waals surface area (Å²) in [6.07, 6.45) is 3.42. The topological polar surface area (TPSA) is 108 Å². The van der Waals surface area contributed by atoms with Crippen molar-refractivity contribution < 1.29 is 13.2 Å². The second kappa shape index (κ2) is 8.53. The number of amides is 1. The van der Waals surface area contributed by atoms with Gasteiger partial charge in [0.05, 0.1) is 28.3 Å². The van der Waals surface area contributed by atoms with Gasteiger partial charge < -0.3 is 15.1 Å². The monoisotopic (exact) mass is 492 g/mol. The molecule has 4 heterocycles. The Kier molecular flexibility index (Phi) is 5.72. The number of hydrogen-bond donors (Lipinski definition) is 1. The van der Waals surface area contributed by atoms with Gasteiger partial charge in [0.25, 0.3) is 5.91 Å². The highest BCUT2D eigenvalue weighted by molar-refractivity contribution is 8.15. The third kappa shape index (κ3) is 4.41. The van der Waals surface area contributed by atoms with Crippen LogP contribution in [0.25, 0.3) is 0 Å². The van der Waals surface area contributed by atoms with Gasteiger partial charge in [-0.3, -0.25) is 9.79 Å². The number of nitrogens with one attached hydrogen (secondary N) is 1. The Morgan fingerprint density at radius 3 is 2.59 bits per heavy atom. The third-order valence-corrected chi connectivity index (χ3v) is 9.15. The first-order valence-corrected chi connectivity index (χ1v) is 13.3. The molecule has 3 aliphatic rings. The number of aliphatic imine (C=N–C) groups is 1. The van der Waals surface area contributed by atoms with Crippen molar-refractivity contribution >= 4 is 55.9 Å². The molecular formula is C20H21ClN6O3S2. The molecule has 2 fully saturated rings. The van der Waals surface area contributed by atoms with Crippen molar-refractivity contribution in [1.29, 1.82) is 0 Å². The van der Waals surface area contributed by atoms with E-state index in [1.165, 1.54) is 11.8 Å². The minimum absolute atomic E-state index is 0.0593. The van der Waals surface area contributed by atoms with Gasteiger partial charge in [-0.25, -0.2) is 18.4 Å². The molecule has 9 nitrogen and oxygen atoms in total. The number of nitrogens with zero attached hydrogens (tertiary/aromatic N) is 5. The maximum atomic E-state index is 13.1. The molecule has 0 saturated carbocycles. The molecule has 1 aromatic heterocycles. The average Bonchev–Trinajstić information content (AvgIpc) is 3.28. The van der Waals surface area contributed by atoms with E-state index in [1.54, 1.807) is 36.7 Å². The Bertz CT molecular complexity index is 1170. The van der Waals surface area contributed by atoms with Crippen LogP contribution in [-0.4, -0.2) is 83.3 Å². The SMILES string of the molecule is O=C(c1ccc(Cl)c(NC2=N[C@@H]3CS(=O)(=O)C[C@@H]3S2)c1)N1CCN(c2ncccn2)CC1. The van der Waals surface area contributed by atoms with Gasteiger partial charge in [-0.05, 0) is 24.3 Å². The van der Waals surface area contributed by atoms with E-state index in [9.17, 15) is 13.2 Å². The summed E-state index contributed by atoms with van der Waals surface area (Å²) in [4.78, 5) is 30.0. The first kappa shape index (κ1) is 21.5. The zero-order valence-corrected chi connectivity index (χ0v) is 19.4. The van der Waals surface area contributed by atoms with Crippen molar-refractivity contribution in [3.05, 3.63) is 47.2 Å². The van der Waals surface area contributed by atoms with E-state index < -0.39 is 9.84 Å². The number of rotatable bonds is 3. The van der Waals surface area contributed by atoms with Crippen LogP contribution in [0, 0.1) is 0 Å². The van der Waals surface area contributed by atoms with Crippen LogP contribution in [0.5, 0.6) is 0 Å². The van der Waals surface area contributed by atoms with E-state index >= 15 is 0 Å². The molecule has 2 aromatic rings. The van der Waals surface area contributed by atoms with Crippen molar-refractivity contribution in [3.63, 3.8) is 0 Å². The van der Waals surface area contributed by atoms with Gasteiger partial charge in [-0.1, -0.05) is 23.4 Å². The van der Waals surface area contributed by atoms with Gasteiger partial charge in [-0.15, -0.1) is 0 Å². The minimum atomic E-state index is -3.01. The average molecular weight is 493 g/mol. The molecule has 0 spiro atoms. The van der Waals surface area contributed by atoms with E-state index in [1.807, 2.05) is 4.90 Å². The summed E-state index contributed by atoms with van der Waals surface area (Å²) < 4.78 is 23.5. The molecule has 1 aromatic carbocycles. The molecule has 2 saturated heterocycles. The number of benzene rings is 1. The summed E-state index contributed by atoms with van der Waals surface area (Å²) in [5.74, 6) is 0.832. The first-order chi connectivity index (χ1) is 15.4. The fourth-order valence-electron chi connectivity index (χ4n) is 4.03. The van der Waals surface area contributed by atoms with Crippen LogP contribution in [0.4, 0.5) is 11.6 Å². The number of amidine groups is 1. The maximum Gasteiger partial charge on any atom is 0.254 e. The van der Waals surface area contributed by atoms with E-state index in [4.69, 9.17) is 11.6 Å². The Morgan fingerprint density at radius 1 is 1.12 bits per heavy atom. The first-order valence-electron chi connectivity index (χ1n) is 10.2. The van der Waals surface area contributed by atoms with Crippen molar-refractivity contribution in [2.75, 3.05) is 47.9 Å². The van der Waals surface area contributed by atoms with Gasteiger partial charge in [0.2, 0.25) is 5.95 Å². The number of halogens is 1. The molecule has 32 heavy (non-hydrogen) atoms. The Morgan fingerprint density at radius 2 is 1.88 bits per heavy atom. The highest BCUT2D eigenvalue weighted by Crippen LogP contribution is 2.35. The maximum absolute atomic E-state index is 13.1. The third-order valence-electron chi connectivity index (χ3n) is 5.67. The number of sulfone groups is 1. The molecule has 1 amide bonds. The van der Waals surface area contributed by atoms with Crippen molar-refractivity contribution in [1.82, 2.24) is 14.9 Å². The summed E-state index contributed by atoms with van der Waals surface area (Å²) >= 11 is 7.77. The van der Waals surface area contributed by atoms with Crippen molar-refractivity contribution in [2.45, 2.75) is 11.3 Å². The predicted molar refractivity (Wildman–Crippen MR) is 126 cm³/mol. The minimum Gasteiger partial charge on any atom is -0.337 e. The van der Waals surface area contributed by atoms with Crippen LogP contribution in [0.2, 0.25) is 5.02 Å². The van der Waals surface area contributed by atoms with Crippen LogP contribution in [0.1, 0.15) is 10.4 Å². The lowest BCUT2D eigenvalue weighted by atomic mass is 10.1. The highest BCUT2D eigenvalue weighted by Gasteiger charge is 2.42. The number of piperazine rings is 1. The summed E-state index contributed by atoms with van der Waals surface area (Å²) in [5, 5.41) is 4.23. The fraction of sp³-hybridized carbons (Fsp3) is 0.400. The van der Waals surface area contributed by atoms with Crippen molar-refractivity contribution in [2.24, 2.45) is 4.99 Å². The highest BCUT2D eigenvalue weighted by atomic mass is 35.5. The molecule has 0 aliphatic carbocycles. The Labute approximate surface area is 195 Å². The predicted octanol–water partition coefficient (Wildman–Crippen LogP) is 1.77. The van der Waals surface area contributed by atoms with Crippen molar-refractivity contribution in [3.8, 4) is 0 Å². The number of anilines is 2. The number of carbonyl (C=O) groups excluding carboxylic acids is 1. The summed E-state index contributed by atoms with van der Waals surface area (Å²) in [6, 6.07) is 6.69. The molecule has 0 bridgehead atoms. The van der Waals surface area contributed by atoms with Gasteiger partial charge in [0, 0.05) is 49.4 Å². The number of thioether (sulfide) groups is 1. The van der Waals surface area contributed by atoms with Gasteiger partial charge in [-0.2, -0.15) is 0 Å². The number of aromatic nitrogens is 2. The summed E-state index contributed by atoms with van der Waals surface area (Å²) in [6.45, 7) is 2.47. The van der Waals surface area contributed by atoms with Crippen LogP contribution >= 0.6 is 23.4 Å². The molecule has 0 unspecified atom stereocenters. The van der Waals surface area contributed by atoms with Crippen LogP contribution in [-0.2, 0) is 9.84 Å². The van der Waals surface area contributed by atoms with E-state index in [-0.39, 0.29) is 28.7 Å². The smallest absolute Gasteiger partial charge is 0.254 e. The molecule has 2 atom stereocenters. The van der Waals surface area contributed by atoms with Gasteiger partial charge in [0.15, 0.2) is 15.0 Å². The molecule has 3 aliphatic heterocycles. The molecule has 12 heteroatoms. The fourth-order valence-corrected chi connectivity index (χ4v) is 7.86. The number of fused-ring (bicyclic) bond motifs is 1. The van der Waals surface area contributed by atoms with E-state index in [0.717, 1.165) is 0 Å². The zero-order chi connectivity index (χ0) is 22.3. The quantitative estimate of drug-likeness (QED) is 0.690. The van der Waals surface area contributed by atoms with Crippen LogP contribution in [0.3, 0.4) is 0 Å².